The number of nitrogens with one attached hydrogen (secondary N) is 1. The number of nitrogens with zero attached hydrogens (tertiary/aromatic N) is 1. The van der Waals surface area contributed by atoms with Crippen LogP contribution in [0, 0.1) is 5.82 Å². The van der Waals surface area contributed by atoms with E-state index in [4.69, 9.17) is 9.47 Å². The average molecular weight is 404 g/mol. The predicted molar refractivity (Wildman–Crippen MR) is 103 cm³/mol. The molecule has 3 rings (SSSR count). The highest BCUT2D eigenvalue weighted by Gasteiger charge is 2.36. The fourth-order valence-electron chi connectivity index (χ4n) is 3.00. The SMILES string of the molecule is COCCOC(=O)C1=C(C)N(Cc2cccs2)C(=O)NC1c1ccc(F)cc1. The van der Waals surface area contributed by atoms with Gasteiger partial charge in [0, 0.05) is 17.7 Å². The van der Waals surface area contributed by atoms with Gasteiger partial charge in [0.2, 0.25) is 0 Å². The maximum atomic E-state index is 13.3. The first-order chi connectivity index (χ1) is 13.5. The summed E-state index contributed by atoms with van der Waals surface area (Å²) >= 11 is 1.53. The van der Waals surface area contributed by atoms with Crippen molar-refractivity contribution in [2.75, 3.05) is 20.3 Å². The van der Waals surface area contributed by atoms with Gasteiger partial charge in [-0.1, -0.05) is 18.2 Å². The number of benzene rings is 1. The molecular weight excluding hydrogens is 383 g/mol. The van der Waals surface area contributed by atoms with Crippen LogP contribution in [0.1, 0.15) is 23.4 Å². The molecule has 1 aliphatic rings. The molecule has 6 nitrogen and oxygen atoms in total. The van der Waals surface area contributed by atoms with Gasteiger partial charge in [-0.15, -0.1) is 11.3 Å². The van der Waals surface area contributed by atoms with Crippen molar-refractivity contribution >= 4 is 23.3 Å². The van der Waals surface area contributed by atoms with Gasteiger partial charge in [-0.05, 0) is 36.1 Å². The molecule has 1 aromatic carbocycles. The minimum atomic E-state index is -0.720. The molecule has 0 bridgehead atoms. The summed E-state index contributed by atoms with van der Waals surface area (Å²) in [7, 11) is 1.52. The molecule has 0 radical (unpaired) electrons. The molecule has 0 saturated heterocycles. The normalized spacial score (nSPS) is 16.9. The summed E-state index contributed by atoms with van der Waals surface area (Å²) in [5, 5.41) is 4.77. The van der Waals surface area contributed by atoms with Crippen molar-refractivity contribution in [3.05, 3.63) is 69.3 Å². The van der Waals surface area contributed by atoms with E-state index in [1.54, 1.807) is 19.1 Å². The number of amides is 2. The van der Waals surface area contributed by atoms with E-state index in [-0.39, 0.29) is 19.2 Å². The van der Waals surface area contributed by atoms with E-state index < -0.39 is 17.8 Å². The first kappa shape index (κ1) is 20.0. The van der Waals surface area contributed by atoms with Crippen molar-refractivity contribution in [2.24, 2.45) is 0 Å². The second-order valence-corrected chi connectivity index (χ2v) is 7.26. The Hall–Kier alpha value is -2.71. The molecule has 28 heavy (non-hydrogen) atoms. The highest BCUT2D eigenvalue weighted by atomic mass is 32.1. The molecule has 0 fully saturated rings. The number of esters is 1. The van der Waals surface area contributed by atoms with Crippen LogP contribution in [-0.4, -0.2) is 37.2 Å². The number of halogens is 1. The Kier molecular flexibility index (Phi) is 6.43. The molecule has 2 aromatic rings. The van der Waals surface area contributed by atoms with Crippen LogP contribution >= 0.6 is 11.3 Å². The summed E-state index contributed by atoms with van der Waals surface area (Å²) in [6.45, 7) is 2.43. The number of carbonyl (C=O) groups is 2. The van der Waals surface area contributed by atoms with Crippen LogP contribution in [0.25, 0.3) is 0 Å². The monoisotopic (exact) mass is 404 g/mol. The molecule has 148 valence electrons. The topological polar surface area (TPSA) is 67.9 Å². The van der Waals surface area contributed by atoms with Gasteiger partial charge in [-0.25, -0.2) is 14.0 Å². The Labute approximate surface area is 166 Å². The summed E-state index contributed by atoms with van der Waals surface area (Å²) in [6.07, 6.45) is 0. The molecule has 0 saturated carbocycles. The van der Waals surface area contributed by atoms with Gasteiger partial charge in [0.1, 0.15) is 12.4 Å². The molecular formula is C20H21FN2O4S. The molecule has 2 heterocycles. The van der Waals surface area contributed by atoms with E-state index in [1.165, 1.54) is 35.5 Å². The number of rotatable bonds is 7. The lowest BCUT2D eigenvalue weighted by Gasteiger charge is -2.35. The lowest BCUT2D eigenvalue weighted by atomic mass is 9.95. The highest BCUT2D eigenvalue weighted by molar-refractivity contribution is 7.09. The maximum Gasteiger partial charge on any atom is 0.338 e. The quantitative estimate of drug-likeness (QED) is 0.565. The molecule has 1 N–H and O–H groups in total. The number of allylic oxidation sites excluding steroid dienone is 1. The third kappa shape index (κ3) is 4.40. The second-order valence-electron chi connectivity index (χ2n) is 6.23. The zero-order valence-corrected chi connectivity index (χ0v) is 16.4. The minimum Gasteiger partial charge on any atom is -0.460 e. The van der Waals surface area contributed by atoms with E-state index in [9.17, 15) is 14.0 Å². The van der Waals surface area contributed by atoms with Crippen molar-refractivity contribution in [2.45, 2.75) is 19.5 Å². The fraction of sp³-hybridized carbons (Fsp3) is 0.300. The van der Waals surface area contributed by atoms with E-state index in [1.807, 2.05) is 17.5 Å². The summed E-state index contributed by atoms with van der Waals surface area (Å²) in [5.74, 6) is -0.935. The number of urea groups is 1. The number of methoxy groups -OCH3 is 1. The van der Waals surface area contributed by atoms with E-state index in [2.05, 4.69) is 5.32 Å². The average Bonchev–Trinajstić information content (AvgIpc) is 3.18. The predicted octanol–water partition coefficient (Wildman–Crippen LogP) is 3.62. The first-order valence-electron chi connectivity index (χ1n) is 8.74. The van der Waals surface area contributed by atoms with Crippen LogP contribution < -0.4 is 5.32 Å². The Morgan fingerprint density at radius 1 is 1.25 bits per heavy atom. The minimum absolute atomic E-state index is 0.0983. The number of hydrogen-bond acceptors (Lipinski definition) is 5. The van der Waals surface area contributed by atoms with Crippen molar-refractivity contribution < 1.29 is 23.5 Å². The van der Waals surface area contributed by atoms with Gasteiger partial charge in [0.15, 0.2) is 0 Å². The van der Waals surface area contributed by atoms with Gasteiger partial charge < -0.3 is 14.8 Å². The van der Waals surface area contributed by atoms with Gasteiger partial charge in [-0.2, -0.15) is 0 Å². The lowest BCUT2D eigenvalue weighted by molar-refractivity contribution is -0.140. The number of hydrogen-bond donors (Lipinski definition) is 1. The smallest absolute Gasteiger partial charge is 0.338 e. The maximum absolute atomic E-state index is 13.3. The van der Waals surface area contributed by atoms with E-state index >= 15 is 0 Å². The zero-order chi connectivity index (χ0) is 20.1. The molecule has 1 aromatic heterocycles. The lowest BCUT2D eigenvalue weighted by Crippen LogP contribution is -2.47. The summed E-state index contributed by atoms with van der Waals surface area (Å²) in [5.41, 5.74) is 1.43. The molecule has 8 heteroatoms. The molecule has 1 atom stereocenters. The molecule has 2 amide bonds. The van der Waals surface area contributed by atoms with Crippen LogP contribution in [0.3, 0.4) is 0 Å². The summed E-state index contributed by atoms with van der Waals surface area (Å²) in [4.78, 5) is 28.1. The van der Waals surface area contributed by atoms with Crippen LogP contribution in [-0.2, 0) is 20.8 Å². The third-order valence-electron chi connectivity index (χ3n) is 4.43. The van der Waals surface area contributed by atoms with E-state index in [0.29, 0.717) is 23.4 Å². The number of thiophene rings is 1. The summed E-state index contributed by atoms with van der Waals surface area (Å²) < 4.78 is 23.6. The fourth-order valence-corrected chi connectivity index (χ4v) is 3.69. The van der Waals surface area contributed by atoms with Crippen LogP contribution in [0.5, 0.6) is 0 Å². The molecule has 0 aliphatic carbocycles. The van der Waals surface area contributed by atoms with Crippen molar-refractivity contribution in [3.63, 3.8) is 0 Å². The van der Waals surface area contributed by atoms with Crippen LogP contribution in [0.2, 0.25) is 0 Å². The van der Waals surface area contributed by atoms with Gasteiger partial charge in [0.25, 0.3) is 0 Å². The summed E-state index contributed by atoms with van der Waals surface area (Å²) in [6, 6.07) is 8.47. The van der Waals surface area contributed by atoms with Crippen molar-refractivity contribution in [1.82, 2.24) is 10.2 Å². The Bertz CT molecular complexity index is 865. The van der Waals surface area contributed by atoms with Crippen molar-refractivity contribution in [1.29, 1.82) is 0 Å². The Morgan fingerprint density at radius 2 is 2.00 bits per heavy atom. The van der Waals surface area contributed by atoms with Gasteiger partial charge in [0.05, 0.1) is 24.8 Å². The van der Waals surface area contributed by atoms with E-state index in [0.717, 1.165) is 4.88 Å². The van der Waals surface area contributed by atoms with Gasteiger partial charge in [-0.3, -0.25) is 4.90 Å². The molecule has 1 unspecified atom stereocenters. The standard InChI is InChI=1S/C20H21FN2O4S/c1-13-17(19(24)27-10-9-26-2)18(14-5-7-15(21)8-6-14)22-20(25)23(13)12-16-4-3-11-28-16/h3-8,11,18H,9-10,12H2,1-2H3,(H,22,25). The van der Waals surface area contributed by atoms with Crippen LogP contribution in [0.4, 0.5) is 9.18 Å². The number of carbonyl (C=O) groups excluding carboxylic acids is 2. The van der Waals surface area contributed by atoms with Crippen LogP contribution in [0.15, 0.2) is 53.0 Å². The van der Waals surface area contributed by atoms with Gasteiger partial charge >= 0.3 is 12.0 Å². The first-order valence-corrected chi connectivity index (χ1v) is 9.62. The Morgan fingerprint density at radius 3 is 2.64 bits per heavy atom. The highest BCUT2D eigenvalue weighted by Crippen LogP contribution is 2.32. The zero-order valence-electron chi connectivity index (χ0n) is 15.6. The molecule has 0 spiro atoms. The molecule has 1 aliphatic heterocycles. The Balaban J connectivity index is 1.96. The third-order valence-corrected chi connectivity index (χ3v) is 5.30. The largest absolute Gasteiger partial charge is 0.460 e. The number of ether oxygens (including phenoxy) is 2. The second kappa shape index (κ2) is 8.99. The van der Waals surface area contributed by atoms with Crippen molar-refractivity contribution in [3.8, 4) is 0 Å².